The summed E-state index contributed by atoms with van der Waals surface area (Å²) in [6, 6.07) is 27.8. The van der Waals surface area contributed by atoms with Gasteiger partial charge in [0.15, 0.2) is 11.9 Å². The van der Waals surface area contributed by atoms with Crippen molar-refractivity contribution in [3.8, 4) is 11.8 Å². The summed E-state index contributed by atoms with van der Waals surface area (Å²) in [5.74, 6) is -0.207. The third-order valence-electron chi connectivity index (χ3n) is 5.88. The van der Waals surface area contributed by atoms with E-state index in [1.807, 2.05) is 60.7 Å². The summed E-state index contributed by atoms with van der Waals surface area (Å²) in [4.78, 5) is 26.3. The largest absolute Gasteiger partial charge is 0.497 e. The minimum Gasteiger partial charge on any atom is -0.497 e. The van der Waals surface area contributed by atoms with Crippen LogP contribution in [0.5, 0.6) is 5.75 Å². The van der Waals surface area contributed by atoms with Crippen molar-refractivity contribution in [3.05, 3.63) is 113 Å². The monoisotopic (exact) mass is 437 g/mol. The normalized spacial score (nSPS) is 17.2. The lowest BCUT2D eigenvalue weighted by atomic mass is 9.78. The molecule has 3 aromatic rings. The van der Waals surface area contributed by atoms with Crippen LogP contribution in [-0.2, 0) is 9.53 Å². The first kappa shape index (κ1) is 22.0. The van der Waals surface area contributed by atoms with Gasteiger partial charge in [0.1, 0.15) is 11.2 Å². The van der Waals surface area contributed by atoms with E-state index in [-0.39, 0.29) is 18.6 Å². The van der Waals surface area contributed by atoms with E-state index < -0.39 is 17.5 Å². The summed E-state index contributed by atoms with van der Waals surface area (Å²) >= 11 is 0. The molecule has 3 aromatic carbocycles. The quantitative estimate of drug-likeness (QED) is 0.363. The van der Waals surface area contributed by atoms with Gasteiger partial charge in [0, 0.05) is 17.6 Å². The summed E-state index contributed by atoms with van der Waals surface area (Å²) in [6.07, 6.45) is 1.25. The third kappa shape index (κ3) is 4.56. The lowest BCUT2D eigenvalue weighted by Gasteiger charge is -2.21. The molecule has 33 heavy (non-hydrogen) atoms. The molecule has 0 saturated carbocycles. The maximum atomic E-state index is 13.2. The maximum Gasteiger partial charge on any atom is 0.334 e. The van der Waals surface area contributed by atoms with Crippen LogP contribution in [0.15, 0.2) is 96.6 Å². The zero-order chi connectivity index (χ0) is 23.3. The van der Waals surface area contributed by atoms with Crippen LogP contribution in [0.2, 0.25) is 0 Å². The van der Waals surface area contributed by atoms with Gasteiger partial charge in [0.2, 0.25) is 0 Å². The maximum absolute atomic E-state index is 13.2. The van der Waals surface area contributed by atoms with Gasteiger partial charge >= 0.3 is 5.97 Å². The molecular formula is C28H23NO4. The molecule has 1 aliphatic carbocycles. The molecule has 0 saturated heterocycles. The highest BCUT2D eigenvalue weighted by Gasteiger charge is 2.44. The number of Topliss-reactive ketones (excluding diaryl/α,β-unsaturated/α-hetero) is 1. The van der Waals surface area contributed by atoms with Crippen LogP contribution >= 0.6 is 0 Å². The Morgan fingerprint density at radius 3 is 2.00 bits per heavy atom. The molecule has 0 spiro atoms. The van der Waals surface area contributed by atoms with E-state index in [1.165, 1.54) is 0 Å². The highest BCUT2D eigenvalue weighted by Crippen LogP contribution is 2.41. The standard InChI is InChI=1S/C28H23NO4/c1-32-24-14-12-22(13-15-24)26(30)28(19-29)17-16-23(18-28)27(31)33-25(20-8-4-2-5-9-20)21-10-6-3-7-11-21/h2-16,25H,17-18H2,1H3/t28-/m1/s1. The van der Waals surface area contributed by atoms with Crippen LogP contribution in [-0.4, -0.2) is 18.9 Å². The molecule has 0 amide bonds. The number of nitriles is 1. The lowest BCUT2D eigenvalue weighted by molar-refractivity contribution is -0.143. The van der Waals surface area contributed by atoms with Crippen LogP contribution in [0, 0.1) is 16.7 Å². The molecule has 5 heteroatoms. The van der Waals surface area contributed by atoms with Crippen molar-refractivity contribution in [1.82, 2.24) is 0 Å². The fourth-order valence-electron chi connectivity index (χ4n) is 4.02. The molecule has 0 N–H and O–H groups in total. The summed E-state index contributed by atoms with van der Waals surface area (Å²) < 4.78 is 11.1. The zero-order valence-electron chi connectivity index (χ0n) is 18.2. The van der Waals surface area contributed by atoms with Gasteiger partial charge in [0.25, 0.3) is 0 Å². The summed E-state index contributed by atoms with van der Waals surface area (Å²) in [5, 5.41) is 9.91. The Hall–Kier alpha value is -4.17. The number of ketones is 1. The van der Waals surface area contributed by atoms with Gasteiger partial charge in [-0.15, -0.1) is 0 Å². The second-order valence-corrected chi connectivity index (χ2v) is 7.97. The molecular weight excluding hydrogens is 414 g/mol. The van der Waals surface area contributed by atoms with Gasteiger partial charge in [-0.1, -0.05) is 66.7 Å². The Labute approximate surface area is 192 Å². The van der Waals surface area contributed by atoms with Crippen LogP contribution in [0.4, 0.5) is 0 Å². The minimum absolute atomic E-state index is 0.0174. The van der Waals surface area contributed by atoms with Crippen molar-refractivity contribution >= 4 is 11.8 Å². The highest BCUT2D eigenvalue weighted by atomic mass is 16.5. The molecule has 0 aliphatic heterocycles. The number of allylic oxidation sites excluding steroid dienone is 1. The smallest absolute Gasteiger partial charge is 0.334 e. The number of benzene rings is 3. The van der Waals surface area contributed by atoms with Crippen LogP contribution in [0.1, 0.15) is 40.4 Å². The van der Waals surface area contributed by atoms with E-state index in [1.54, 1.807) is 37.5 Å². The van der Waals surface area contributed by atoms with E-state index in [9.17, 15) is 14.9 Å². The van der Waals surface area contributed by atoms with Crippen molar-refractivity contribution in [2.24, 2.45) is 5.41 Å². The molecule has 5 nitrogen and oxygen atoms in total. The number of ether oxygens (including phenoxy) is 2. The first-order valence-corrected chi connectivity index (χ1v) is 10.7. The Bertz CT molecular complexity index is 1170. The van der Waals surface area contributed by atoms with Gasteiger partial charge in [-0.2, -0.15) is 5.26 Å². The number of rotatable bonds is 7. The highest BCUT2D eigenvalue weighted by molar-refractivity contribution is 6.04. The van der Waals surface area contributed by atoms with Crippen LogP contribution in [0.25, 0.3) is 0 Å². The SMILES string of the molecule is COc1ccc(C(=O)[C@]2(C#N)CC=C(C(=O)OC(c3ccccc3)c3ccccc3)C2)cc1. The van der Waals surface area contributed by atoms with Crippen LogP contribution < -0.4 is 4.74 Å². The molecule has 1 aliphatic rings. The fourth-order valence-corrected chi connectivity index (χ4v) is 4.02. The van der Waals surface area contributed by atoms with Crippen molar-refractivity contribution < 1.29 is 19.1 Å². The van der Waals surface area contributed by atoms with E-state index >= 15 is 0 Å². The van der Waals surface area contributed by atoms with Gasteiger partial charge in [-0.3, -0.25) is 4.79 Å². The van der Waals surface area contributed by atoms with Gasteiger partial charge < -0.3 is 9.47 Å². The average molecular weight is 437 g/mol. The molecule has 0 bridgehead atoms. The molecule has 0 fully saturated rings. The van der Waals surface area contributed by atoms with Crippen LogP contribution in [0.3, 0.4) is 0 Å². The van der Waals surface area contributed by atoms with Gasteiger partial charge in [-0.05, 0) is 41.8 Å². The summed E-state index contributed by atoms with van der Waals surface area (Å²) in [5.41, 5.74) is 1.12. The van der Waals surface area contributed by atoms with Crippen molar-refractivity contribution in [2.75, 3.05) is 7.11 Å². The first-order chi connectivity index (χ1) is 16.1. The minimum atomic E-state index is -1.32. The number of carbonyl (C=O) groups excluding carboxylic acids is 2. The molecule has 4 rings (SSSR count). The lowest BCUT2D eigenvalue weighted by Crippen LogP contribution is -2.28. The van der Waals surface area contributed by atoms with Crippen molar-refractivity contribution in [2.45, 2.75) is 18.9 Å². The number of hydrogen-bond acceptors (Lipinski definition) is 5. The Kier molecular flexibility index (Phi) is 6.37. The third-order valence-corrected chi connectivity index (χ3v) is 5.88. The average Bonchev–Trinajstić information content (AvgIpc) is 3.34. The number of esters is 1. The predicted octanol–water partition coefficient (Wildman–Crippen LogP) is 5.44. The number of nitrogens with zero attached hydrogens (tertiary/aromatic N) is 1. The Morgan fingerprint density at radius 2 is 1.48 bits per heavy atom. The molecule has 1 atom stereocenters. The zero-order valence-corrected chi connectivity index (χ0v) is 18.2. The fraction of sp³-hybridized carbons (Fsp3) is 0.179. The molecule has 164 valence electrons. The van der Waals surface area contributed by atoms with E-state index in [4.69, 9.17) is 9.47 Å². The summed E-state index contributed by atoms with van der Waals surface area (Å²) in [7, 11) is 1.55. The number of carbonyl (C=O) groups is 2. The first-order valence-electron chi connectivity index (χ1n) is 10.7. The second-order valence-electron chi connectivity index (χ2n) is 7.97. The molecule has 0 aromatic heterocycles. The topological polar surface area (TPSA) is 76.4 Å². The Balaban J connectivity index is 1.54. The van der Waals surface area contributed by atoms with Gasteiger partial charge in [-0.25, -0.2) is 4.79 Å². The molecule has 0 unspecified atom stereocenters. The van der Waals surface area contributed by atoms with E-state index in [2.05, 4.69) is 6.07 Å². The van der Waals surface area contributed by atoms with Crippen molar-refractivity contribution in [1.29, 1.82) is 5.26 Å². The van der Waals surface area contributed by atoms with E-state index in [0.717, 1.165) is 11.1 Å². The molecule has 0 heterocycles. The van der Waals surface area contributed by atoms with E-state index in [0.29, 0.717) is 16.9 Å². The van der Waals surface area contributed by atoms with Crippen molar-refractivity contribution in [3.63, 3.8) is 0 Å². The number of hydrogen-bond donors (Lipinski definition) is 0. The summed E-state index contributed by atoms with van der Waals surface area (Å²) in [6.45, 7) is 0. The Morgan fingerprint density at radius 1 is 0.909 bits per heavy atom. The molecule has 0 radical (unpaired) electrons. The number of methoxy groups -OCH3 is 1. The van der Waals surface area contributed by atoms with Gasteiger partial charge in [0.05, 0.1) is 13.2 Å². The second kappa shape index (κ2) is 9.54. The predicted molar refractivity (Wildman–Crippen MR) is 124 cm³/mol.